The van der Waals surface area contributed by atoms with Gasteiger partial charge in [-0.2, -0.15) is 0 Å². The van der Waals surface area contributed by atoms with E-state index in [1.165, 1.54) is 18.6 Å². The molecule has 0 aliphatic heterocycles. The lowest BCUT2D eigenvalue weighted by Crippen LogP contribution is -2.34. The molecule has 0 unspecified atom stereocenters. The lowest BCUT2D eigenvalue weighted by atomic mass is 9.88. The molecule has 0 bridgehead atoms. The van der Waals surface area contributed by atoms with Crippen LogP contribution in [-0.4, -0.2) is 16.9 Å². The average Bonchev–Trinajstić information content (AvgIpc) is 2.68. The number of thiocarbonyl (C=S) groups is 1. The first kappa shape index (κ1) is 21.6. The summed E-state index contributed by atoms with van der Waals surface area (Å²) in [6.07, 6.45) is 5.28. The molecule has 152 valence electrons. The number of benzene rings is 2. The fraction of sp³-hybridized carbons (Fsp3) is 0.286. The van der Waals surface area contributed by atoms with Crippen molar-refractivity contribution >= 4 is 63.7 Å². The van der Waals surface area contributed by atoms with Gasteiger partial charge < -0.3 is 10.6 Å². The van der Waals surface area contributed by atoms with Crippen LogP contribution in [0.3, 0.4) is 0 Å². The minimum Gasteiger partial charge on any atom is -0.332 e. The molecule has 1 saturated carbocycles. The molecule has 0 saturated heterocycles. The Hall–Kier alpha value is -2.15. The van der Waals surface area contributed by atoms with Gasteiger partial charge in [0.15, 0.2) is 5.11 Å². The third-order valence-corrected chi connectivity index (χ3v) is 5.52. The van der Waals surface area contributed by atoms with Crippen LogP contribution in [0.1, 0.15) is 42.5 Å². The fourth-order valence-corrected chi connectivity index (χ4v) is 4.00. The maximum absolute atomic E-state index is 12.4. The quantitative estimate of drug-likeness (QED) is 0.528. The van der Waals surface area contributed by atoms with E-state index in [-0.39, 0.29) is 27.5 Å². The highest BCUT2D eigenvalue weighted by Crippen LogP contribution is 2.25. The first-order valence-corrected chi connectivity index (χ1v) is 10.6. The first-order chi connectivity index (χ1) is 13.9. The topological polar surface area (TPSA) is 70.2 Å². The summed E-state index contributed by atoms with van der Waals surface area (Å²) in [6, 6.07) is 11.8. The zero-order valence-corrected chi connectivity index (χ0v) is 18.0. The van der Waals surface area contributed by atoms with Crippen molar-refractivity contribution in [2.24, 2.45) is 5.92 Å². The number of anilines is 2. The van der Waals surface area contributed by atoms with Gasteiger partial charge in [-0.1, -0.05) is 48.5 Å². The van der Waals surface area contributed by atoms with Crippen LogP contribution in [-0.2, 0) is 4.79 Å². The van der Waals surface area contributed by atoms with E-state index in [0.717, 1.165) is 25.7 Å². The summed E-state index contributed by atoms with van der Waals surface area (Å²) in [5, 5.41) is 9.30. The minimum absolute atomic E-state index is 0.0510. The lowest BCUT2D eigenvalue weighted by molar-refractivity contribution is -0.120. The van der Waals surface area contributed by atoms with Crippen molar-refractivity contribution in [1.82, 2.24) is 5.32 Å². The second-order valence-electron chi connectivity index (χ2n) is 6.94. The van der Waals surface area contributed by atoms with E-state index in [1.807, 2.05) is 6.07 Å². The molecule has 2 aromatic rings. The van der Waals surface area contributed by atoms with Gasteiger partial charge >= 0.3 is 0 Å². The molecule has 0 aromatic heterocycles. The van der Waals surface area contributed by atoms with Crippen LogP contribution >= 0.6 is 35.4 Å². The first-order valence-electron chi connectivity index (χ1n) is 9.40. The summed E-state index contributed by atoms with van der Waals surface area (Å²) < 4.78 is 0. The van der Waals surface area contributed by atoms with E-state index >= 15 is 0 Å². The predicted octanol–water partition coefficient (Wildman–Crippen LogP) is 5.64. The summed E-state index contributed by atoms with van der Waals surface area (Å²) >= 11 is 17.1. The molecular formula is C21H21Cl2N3O2S. The molecule has 3 rings (SSSR count). The fourth-order valence-electron chi connectivity index (χ4n) is 3.29. The van der Waals surface area contributed by atoms with Crippen molar-refractivity contribution in [2.45, 2.75) is 32.1 Å². The highest BCUT2D eigenvalue weighted by Gasteiger charge is 2.21. The Morgan fingerprint density at radius 2 is 1.62 bits per heavy atom. The molecular weight excluding hydrogens is 429 g/mol. The van der Waals surface area contributed by atoms with Crippen molar-refractivity contribution < 1.29 is 9.59 Å². The van der Waals surface area contributed by atoms with Gasteiger partial charge in [0, 0.05) is 22.3 Å². The largest absolute Gasteiger partial charge is 0.332 e. The molecule has 3 N–H and O–H groups in total. The molecule has 2 aromatic carbocycles. The number of carbonyl (C=O) groups is 2. The summed E-state index contributed by atoms with van der Waals surface area (Å²) in [6.45, 7) is 0. The molecule has 5 nitrogen and oxygen atoms in total. The van der Waals surface area contributed by atoms with Crippen LogP contribution in [0.25, 0.3) is 0 Å². The Labute approximate surface area is 185 Å². The van der Waals surface area contributed by atoms with Crippen molar-refractivity contribution in [2.75, 3.05) is 10.6 Å². The van der Waals surface area contributed by atoms with Crippen LogP contribution in [0.4, 0.5) is 11.4 Å². The van der Waals surface area contributed by atoms with E-state index in [2.05, 4.69) is 16.0 Å². The van der Waals surface area contributed by atoms with Crippen LogP contribution in [0.5, 0.6) is 0 Å². The molecule has 29 heavy (non-hydrogen) atoms. The van der Waals surface area contributed by atoms with E-state index in [9.17, 15) is 9.59 Å². The minimum atomic E-state index is -0.439. The lowest BCUT2D eigenvalue weighted by Gasteiger charge is -2.21. The highest BCUT2D eigenvalue weighted by molar-refractivity contribution is 7.80. The summed E-state index contributed by atoms with van der Waals surface area (Å²) in [7, 11) is 0. The summed E-state index contributed by atoms with van der Waals surface area (Å²) in [4.78, 5) is 24.8. The molecule has 0 heterocycles. The second-order valence-corrected chi connectivity index (χ2v) is 8.19. The van der Waals surface area contributed by atoms with Crippen molar-refractivity contribution in [3.63, 3.8) is 0 Å². The van der Waals surface area contributed by atoms with Gasteiger partial charge in [0.1, 0.15) is 0 Å². The molecule has 0 radical (unpaired) electrons. The normalized spacial score (nSPS) is 14.1. The SMILES string of the molecule is O=C(NC(=S)Nc1cccc(NC(=O)C2CCCCC2)c1)c1ccc(Cl)cc1Cl. The maximum Gasteiger partial charge on any atom is 0.258 e. The van der Waals surface area contributed by atoms with Crippen molar-refractivity contribution in [1.29, 1.82) is 0 Å². The van der Waals surface area contributed by atoms with Crippen LogP contribution < -0.4 is 16.0 Å². The summed E-state index contributed by atoms with van der Waals surface area (Å²) in [5.41, 5.74) is 1.60. The van der Waals surface area contributed by atoms with Gasteiger partial charge in [0.2, 0.25) is 5.91 Å². The van der Waals surface area contributed by atoms with Crippen molar-refractivity contribution in [3.8, 4) is 0 Å². The third kappa shape index (κ3) is 6.16. The van der Waals surface area contributed by atoms with E-state index in [4.69, 9.17) is 35.4 Å². The smallest absolute Gasteiger partial charge is 0.258 e. The number of nitrogens with one attached hydrogen (secondary N) is 3. The predicted molar refractivity (Wildman–Crippen MR) is 122 cm³/mol. The van der Waals surface area contributed by atoms with Gasteiger partial charge in [-0.3, -0.25) is 14.9 Å². The second kappa shape index (κ2) is 10.1. The van der Waals surface area contributed by atoms with Gasteiger partial charge in [0.05, 0.1) is 10.6 Å². The van der Waals surface area contributed by atoms with E-state index < -0.39 is 5.91 Å². The monoisotopic (exact) mass is 449 g/mol. The van der Waals surface area contributed by atoms with Gasteiger partial charge in [-0.25, -0.2) is 0 Å². The number of hydrogen-bond acceptors (Lipinski definition) is 3. The number of halogens is 2. The molecule has 0 spiro atoms. The van der Waals surface area contributed by atoms with Crippen molar-refractivity contribution in [3.05, 3.63) is 58.1 Å². The molecule has 8 heteroatoms. The Balaban J connectivity index is 1.58. The van der Waals surface area contributed by atoms with Gasteiger partial charge in [-0.15, -0.1) is 0 Å². The Morgan fingerprint density at radius 1 is 0.931 bits per heavy atom. The zero-order chi connectivity index (χ0) is 20.8. The van der Waals surface area contributed by atoms with Crippen LogP contribution in [0.2, 0.25) is 10.0 Å². The molecule has 2 amide bonds. The average molecular weight is 450 g/mol. The van der Waals surface area contributed by atoms with Gasteiger partial charge in [-0.05, 0) is 61.5 Å². The highest BCUT2D eigenvalue weighted by atomic mass is 35.5. The zero-order valence-electron chi connectivity index (χ0n) is 15.6. The molecule has 1 aliphatic carbocycles. The van der Waals surface area contributed by atoms with Gasteiger partial charge in [0.25, 0.3) is 5.91 Å². The molecule has 1 aliphatic rings. The maximum atomic E-state index is 12.4. The molecule has 0 atom stereocenters. The number of amides is 2. The number of rotatable bonds is 4. The Bertz CT molecular complexity index is 930. The number of hydrogen-bond donors (Lipinski definition) is 3. The van der Waals surface area contributed by atoms with Crippen LogP contribution in [0.15, 0.2) is 42.5 Å². The Kier molecular flexibility index (Phi) is 7.47. The Morgan fingerprint density at radius 3 is 2.31 bits per heavy atom. The van der Waals surface area contributed by atoms with E-state index in [1.54, 1.807) is 24.3 Å². The standard InChI is InChI=1S/C21H21Cl2N3O2S/c22-14-9-10-17(18(23)11-14)20(28)26-21(29)25-16-8-4-7-15(12-16)24-19(27)13-5-2-1-3-6-13/h4,7-13H,1-3,5-6H2,(H,24,27)(H2,25,26,28,29). The third-order valence-electron chi connectivity index (χ3n) is 4.77. The van der Waals surface area contributed by atoms with E-state index in [0.29, 0.717) is 16.4 Å². The molecule has 1 fully saturated rings. The van der Waals surface area contributed by atoms with Crippen LogP contribution in [0, 0.1) is 5.92 Å². The number of carbonyl (C=O) groups excluding carboxylic acids is 2. The summed E-state index contributed by atoms with van der Waals surface area (Å²) in [5.74, 6) is -0.314.